The maximum Gasteiger partial charge on any atom is 0.254 e. The fraction of sp³-hybridized carbons (Fsp3) is 0.724. The highest BCUT2D eigenvalue weighted by Gasteiger charge is 2.39. The van der Waals surface area contributed by atoms with Crippen LogP contribution in [0.1, 0.15) is 63.7 Å². The molecule has 38 heavy (non-hydrogen) atoms. The minimum absolute atomic E-state index is 0.0242. The van der Waals surface area contributed by atoms with Crippen LogP contribution in [0.15, 0.2) is 18.2 Å². The number of ether oxygens (including phenoxy) is 3. The largest absolute Gasteiger partial charge is 0.493 e. The van der Waals surface area contributed by atoms with Gasteiger partial charge in [-0.2, -0.15) is 0 Å². The van der Waals surface area contributed by atoms with Gasteiger partial charge in [-0.25, -0.2) is 0 Å². The number of nitrogens with zero attached hydrogens (tertiary/aromatic N) is 2. The molecule has 9 nitrogen and oxygen atoms in total. The Balaban J connectivity index is 1.70. The van der Waals surface area contributed by atoms with E-state index in [2.05, 4.69) is 10.2 Å². The molecule has 0 bridgehead atoms. The predicted molar refractivity (Wildman–Crippen MR) is 149 cm³/mol. The third-order valence-electron chi connectivity index (χ3n) is 7.30. The van der Waals surface area contributed by atoms with Crippen molar-refractivity contribution in [1.82, 2.24) is 15.1 Å². The van der Waals surface area contributed by atoms with E-state index in [-0.39, 0.29) is 29.7 Å². The summed E-state index contributed by atoms with van der Waals surface area (Å²) in [4.78, 5) is 30.8. The zero-order chi connectivity index (χ0) is 27.9. The zero-order valence-electron chi connectivity index (χ0n) is 24.1. The number of methoxy groups -OCH3 is 2. The quantitative estimate of drug-likeness (QED) is 0.335. The number of rotatable bonds is 15. The number of amides is 2. The second-order valence-corrected chi connectivity index (χ2v) is 11.7. The molecule has 1 saturated carbocycles. The summed E-state index contributed by atoms with van der Waals surface area (Å²) in [5.41, 5.74) is 6.21. The lowest BCUT2D eigenvalue weighted by atomic mass is 9.93. The molecule has 2 atom stereocenters. The topological polar surface area (TPSA) is 106 Å². The van der Waals surface area contributed by atoms with Gasteiger partial charge in [-0.1, -0.05) is 0 Å². The van der Waals surface area contributed by atoms with Gasteiger partial charge in [0.2, 0.25) is 5.91 Å². The molecule has 1 aromatic rings. The SMILES string of the molecule is COCCCOc1cc(C(=O)N(C[C@@H]2CNC[C@H]2CN(C(=O)CC(C)(C)N)C2CC2)C(C)C)ccc1OC. The second kappa shape index (κ2) is 13.6. The van der Waals surface area contributed by atoms with Crippen LogP contribution in [-0.4, -0.2) is 92.8 Å². The molecule has 3 N–H and O–H groups in total. The summed E-state index contributed by atoms with van der Waals surface area (Å²) < 4.78 is 16.5. The van der Waals surface area contributed by atoms with Crippen molar-refractivity contribution in [1.29, 1.82) is 0 Å². The Hall–Kier alpha value is -2.36. The molecule has 2 amide bonds. The number of hydrogen-bond donors (Lipinski definition) is 2. The number of nitrogens with one attached hydrogen (secondary N) is 1. The lowest BCUT2D eigenvalue weighted by molar-refractivity contribution is -0.133. The molecule has 3 rings (SSSR count). The van der Waals surface area contributed by atoms with Gasteiger partial charge in [0.05, 0.1) is 13.7 Å². The van der Waals surface area contributed by atoms with E-state index >= 15 is 0 Å². The van der Waals surface area contributed by atoms with Crippen LogP contribution in [0.25, 0.3) is 0 Å². The number of benzene rings is 1. The van der Waals surface area contributed by atoms with Crippen LogP contribution in [0.3, 0.4) is 0 Å². The molecule has 1 saturated heterocycles. The molecule has 214 valence electrons. The average molecular weight is 533 g/mol. The van der Waals surface area contributed by atoms with Crippen molar-refractivity contribution in [3.05, 3.63) is 23.8 Å². The van der Waals surface area contributed by atoms with E-state index in [9.17, 15) is 9.59 Å². The summed E-state index contributed by atoms with van der Waals surface area (Å²) in [6.45, 7) is 12.0. The predicted octanol–water partition coefficient (Wildman–Crippen LogP) is 2.92. The van der Waals surface area contributed by atoms with E-state index in [4.69, 9.17) is 19.9 Å². The molecule has 0 spiro atoms. The maximum atomic E-state index is 13.7. The first kappa shape index (κ1) is 30.2. The van der Waals surface area contributed by atoms with Gasteiger partial charge in [0.15, 0.2) is 11.5 Å². The molecule has 2 fully saturated rings. The van der Waals surface area contributed by atoms with E-state index < -0.39 is 5.54 Å². The number of nitrogens with two attached hydrogens (primary N) is 1. The highest BCUT2D eigenvalue weighted by Crippen LogP contribution is 2.32. The highest BCUT2D eigenvalue weighted by atomic mass is 16.5. The minimum Gasteiger partial charge on any atom is -0.493 e. The van der Waals surface area contributed by atoms with Crippen LogP contribution in [0.4, 0.5) is 0 Å². The summed E-state index contributed by atoms with van der Waals surface area (Å²) in [7, 11) is 3.25. The van der Waals surface area contributed by atoms with Gasteiger partial charge in [-0.15, -0.1) is 0 Å². The van der Waals surface area contributed by atoms with E-state index in [0.29, 0.717) is 55.8 Å². The first-order valence-corrected chi connectivity index (χ1v) is 13.9. The number of hydrogen-bond acceptors (Lipinski definition) is 7. The average Bonchev–Trinajstić information content (AvgIpc) is 3.60. The fourth-order valence-corrected chi connectivity index (χ4v) is 5.05. The van der Waals surface area contributed by atoms with Gasteiger partial charge in [0.1, 0.15) is 0 Å². The van der Waals surface area contributed by atoms with Crippen molar-refractivity contribution in [3.8, 4) is 11.5 Å². The molecular formula is C29H48N4O5. The zero-order valence-corrected chi connectivity index (χ0v) is 24.1. The molecule has 0 unspecified atom stereocenters. The Labute approximate surface area is 228 Å². The van der Waals surface area contributed by atoms with Crippen molar-refractivity contribution in [2.75, 3.05) is 53.6 Å². The summed E-state index contributed by atoms with van der Waals surface area (Å²) >= 11 is 0. The molecule has 1 aromatic carbocycles. The van der Waals surface area contributed by atoms with Gasteiger partial charge in [0.25, 0.3) is 5.91 Å². The van der Waals surface area contributed by atoms with Crippen LogP contribution in [0.2, 0.25) is 0 Å². The van der Waals surface area contributed by atoms with E-state index in [1.807, 2.05) is 32.6 Å². The van der Waals surface area contributed by atoms with Crippen molar-refractivity contribution in [2.45, 2.75) is 71.0 Å². The number of carbonyl (C=O) groups is 2. The van der Waals surface area contributed by atoms with Crippen LogP contribution in [0.5, 0.6) is 11.5 Å². The number of carbonyl (C=O) groups excluding carboxylic acids is 2. The first-order valence-electron chi connectivity index (χ1n) is 13.9. The molecular weight excluding hydrogens is 484 g/mol. The molecule has 1 aliphatic carbocycles. The van der Waals surface area contributed by atoms with Crippen LogP contribution in [0, 0.1) is 11.8 Å². The molecule has 9 heteroatoms. The summed E-state index contributed by atoms with van der Waals surface area (Å²) in [6.07, 6.45) is 3.21. The van der Waals surface area contributed by atoms with Crippen molar-refractivity contribution in [3.63, 3.8) is 0 Å². The molecule has 2 aliphatic rings. The van der Waals surface area contributed by atoms with Gasteiger partial charge < -0.3 is 35.1 Å². The Morgan fingerprint density at radius 3 is 2.34 bits per heavy atom. The molecule has 0 aromatic heterocycles. The summed E-state index contributed by atoms with van der Waals surface area (Å²) in [5, 5.41) is 3.51. The van der Waals surface area contributed by atoms with Crippen molar-refractivity contribution in [2.24, 2.45) is 17.6 Å². The molecule has 1 aliphatic heterocycles. The van der Waals surface area contributed by atoms with Gasteiger partial charge in [-0.3, -0.25) is 9.59 Å². The van der Waals surface area contributed by atoms with Gasteiger partial charge in [0, 0.05) is 75.9 Å². The molecule has 0 radical (unpaired) electrons. The Morgan fingerprint density at radius 1 is 1.08 bits per heavy atom. The second-order valence-electron chi connectivity index (χ2n) is 11.7. The van der Waals surface area contributed by atoms with E-state index in [1.165, 1.54) is 0 Å². The lowest BCUT2D eigenvalue weighted by Gasteiger charge is -2.34. The standard InChI is InChI=1S/C29H48N4O5/c1-20(2)32(28(35)21-8-11-25(37-6)26(14-21)38-13-7-12-36-5)18-22-16-31-17-23(22)19-33(24-9-10-24)27(34)15-29(3,4)30/h8,11,14,20,22-24,31H,7,9-10,12-13,15-19,30H2,1-6H3/t22-,23-/m0/s1. The minimum atomic E-state index is -0.525. The van der Waals surface area contributed by atoms with Gasteiger partial charge >= 0.3 is 0 Å². The Kier molecular flexibility index (Phi) is 10.8. The monoisotopic (exact) mass is 532 g/mol. The highest BCUT2D eigenvalue weighted by molar-refractivity contribution is 5.95. The fourth-order valence-electron chi connectivity index (χ4n) is 5.05. The van der Waals surface area contributed by atoms with E-state index in [0.717, 1.165) is 32.4 Å². The summed E-state index contributed by atoms with van der Waals surface area (Å²) in [6, 6.07) is 5.71. The van der Waals surface area contributed by atoms with Gasteiger partial charge in [-0.05, 0) is 70.6 Å². The smallest absolute Gasteiger partial charge is 0.254 e. The van der Waals surface area contributed by atoms with Crippen LogP contribution in [-0.2, 0) is 9.53 Å². The summed E-state index contributed by atoms with van der Waals surface area (Å²) in [5.74, 6) is 1.80. The third-order valence-corrected chi connectivity index (χ3v) is 7.30. The van der Waals surface area contributed by atoms with Crippen molar-refractivity contribution >= 4 is 11.8 Å². The lowest BCUT2D eigenvalue weighted by Crippen LogP contribution is -2.46. The van der Waals surface area contributed by atoms with Crippen LogP contribution >= 0.6 is 0 Å². The van der Waals surface area contributed by atoms with Crippen LogP contribution < -0.4 is 20.5 Å². The molecule has 1 heterocycles. The first-order chi connectivity index (χ1) is 18.0. The Morgan fingerprint density at radius 2 is 1.76 bits per heavy atom. The Bertz CT molecular complexity index is 928. The third kappa shape index (κ3) is 8.58. The van der Waals surface area contributed by atoms with Crippen molar-refractivity contribution < 1.29 is 23.8 Å². The normalized spacial score (nSPS) is 19.5. The van der Waals surface area contributed by atoms with E-state index in [1.54, 1.807) is 32.4 Å². The maximum absolute atomic E-state index is 13.7.